The van der Waals surface area contributed by atoms with E-state index in [9.17, 15) is 56.1 Å². The van der Waals surface area contributed by atoms with Crippen LogP contribution in [0.1, 0.15) is 22.3 Å². The molecule has 436 valence electrons. The quantitative estimate of drug-likeness (QED) is 0.0371. The van der Waals surface area contributed by atoms with Crippen molar-refractivity contribution in [1.29, 1.82) is 0 Å². The molecule has 0 fully saturated rings. The number of benzene rings is 8. The second kappa shape index (κ2) is 25.2. The minimum absolute atomic E-state index is 0. The standard InChI is InChI=1S/C56H37F12O12S3.2Na/c1-76-38-11-3-34(4-12-38)51(53(57,58)59,54(60,61)62)37-9-17-44(18-10-37)80-49-32-31-48(33-50(49)83(73,74)75)82(71,72)47-29-23-43(24-30-47)79-41-15-7-36(8-16-41)52(55(63,64)65,56(66,67)68)35-5-13-40(14-6-35)78-42-21-27-46(28-22-42)81(69,70)45-25-19-39(77-2)20-26-45;;/h3-23,25-33H,1-2H3,(H,73,74,75);;/q-1;2*+1/p-1. The van der Waals surface area contributed by atoms with Crippen LogP contribution in [0.3, 0.4) is 0 Å². The summed E-state index contributed by atoms with van der Waals surface area (Å²) in [5.74, 6) is -2.06. The van der Waals surface area contributed by atoms with Crippen LogP contribution in [0.4, 0.5) is 52.7 Å². The summed E-state index contributed by atoms with van der Waals surface area (Å²) < 4.78 is 296. The van der Waals surface area contributed by atoms with Gasteiger partial charge in [-0.3, -0.25) is 0 Å². The van der Waals surface area contributed by atoms with E-state index in [0.29, 0.717) is 78.5 Å². The molecule has 0 aliphatic heterocycles. The first-order chi connectivity index (χ1) is 38.7. The summed E-state index contributed by atoms with van der Waals surface area (Å²) >= 11 is 0. The van der Waals surface area contributed by atoms with Gasteiger partial charge in [0.1, 0.15) is 50.4 Å². The SMILES string of the molecule is COc1ccc(C(c2ccc(Oc3ccc(S(=O)(=O)c4c[c-]c(Oc5ccc(C(c6ccc(Oc7ccc(S(=O)(=O)c8ccc(OC)cc8)cc7)cc6)(C(F)(F)F)C(F)(F)F)cc5)cc4)cc3S(=O)(=O)[O-])cc2)(C(F)(F)F)C(F)(F)F)cc1.[Na+].[Na+]. The van der Waals surface area contributed by atoms with Gasteiger partial charge in [0.15, 0.2) is 9.84 Å². The van der Waals surface area contributed by atoms with E-state index < -0.39 is 114 Å². The average Bonchev–Trinajstić information content (AvgIpc) is 1.16. The van der Waals surface area contributed by atoms with Crippen LogP contribution in [0, 0.1) is 6.07 Å². The maximum absolute atomic E-state index is 15.0. The molecule has 0 aliphatic carbocycles. The summed E-state index contributed by atoms with van der Waals surface area (Å²) in [6, 6.07) is 27.5. The third-order valence-corrected chi connectivity index (χ3v) is 17.2. The van der Waals surface area contributed by atoms with Gasteiger partial charge in [-0.25, -0.2) is 25.3 Å². The van der Waals surface area contributed by atoms with E-state index in [0.717, 1.165) is 67.8 Å². The number of ether oxygens (including phenoxy) is 5. The first-order valence-electron chi connectivity index (χ1n) is 23.3. The van der Waals surface area contributed by atoms with E-state index in [1.807, 2.05) is 0 Å². The second-order valence-corrected chi connectivity index (χ2v) is 23.0. The van der Waals surface area contributed by atoms with Crippen LogP contribution in [0.15, 0.2) is 206 Å². The average molecular weight is 1270 g/mol. The molecular formula is C56H36F12Na2O12S3. The van der Waals surface area contributed by atoms with E-state index in [1.54, 1.807) is 0 Å². The molecule has 0 aromatic heterocycles. The molecule has 8 aromatic carbocycles. The van der Waals surface area contributed by atoms with Crippen LogP contribution in [-0.2, 0) is 40.6 Å². The number of halogens is 12. The first kappa shape index (κ1) is 67.9. The molecule has 0 unspecified atom stereocenters. The number of hydrogen-bond donors (Lipinski definition) is 0. The Kier molecular flexibility index (Phi) is 20.1. The third-order valence-electron chi connectivity index (χ3n) is 12.8. The van der Waals surface area contributed by atoms with Gasteiger partial charge in [-0.2, -0.15) is 64.8 Å². The molecule has 0 aliphatic rings. The van der Waals surface area contributed by atoms with Crippen LogP contribution >= 0.6 is 0 Å². The molecule has 0 heterocycles. The molecule has 0 radical (unpaired) electrons. The summed E-state index contributed by atoms with van der Waals surface area (Å²) in [7, 11) is -11.9. The molecule has 29 heteroatoms. The number of alkyl halides is 12. The Hall–Kier alpha value is -6.27. The number of rotatable bonds is 17. The smallest absolute Gasteiger partial charge is 0.744 e. The molecule has 8 rings (SSSR count). The van der Waals surface area contributed by atoms with Crippen molar-refractivity contribution in [3.63, 3.8) is 0 Å². The number of hydrogen-bond acceptors (Lipinski definition) is 12. The van der Waals surface area contributed by atoms with Gasteiger partial charge in [-0.05, 0) is 142 Å². The van der Waals surface area contributed by atoms with Gasteiger partial charge in [0.25, 0.3) is 0 Å². The normalized spacial score (nSPS) is 12.7. The Balaban J connectivity index is 0.00000579. The second-order valence-electron chi connectivity index (χ2n) is 17.7. The zero-order valence-corrected chi connectivity index (χ0v) is 50.4. The van der Waals surface area contributed by atoms with Crippen molar-refractivity contribution in [2.75, 3.05) is 14.2 Å². The van der Waals surface area contributed by atoms with Gasteiger partial charge in [-0.1, -0.05) is 48.5 Å². The molecule has 0 N–H and O–H groups in total. The summed E-state index contributed by atoms with van der Waals surface area (Å²) in [4.78, 5) is -3.04. The molecule has 0 amide bonds. The van der Waals surface area contributed by atoms with Crippen molar-refractivity contribution in [3.8, 4) is 46.0 Å². The van der Waals surface area contributed by atoms with E-state index >= 15 is 26.3 Å². The van der Waals surface area contributed by atoms with Gasteiger partial charge >= 0.3 is 83.8 Å². The zero-order valence-electron chi connectivity index (χ0n) is 44.0. The van der Waals surface area contributed by atoms with Crippen molar-refractivity contribution >= 4 is 29.8 Å². The van der Waals surface area contributed by atoms with Crippen molar-refractivity contribution in [2.24, 2.45) is 0 Å². The van der Waals surface area contributed by atoms with E-state index in [4.69, 9.17) is 23.7 Å². The molecule has 8 aromatic rings. The van der Waals surface area contributed by atoms with E-state index in [1.165, 1.54) is 55.6 Å². The fourth-order valence-electron chi connectivity index (χ4n) is 8.79. The molecule has 0 bridgehead atoms. The third kappa shape index (κ3) is 13.4. The van der Waals surface area contributed by atoms with E-state index in [-0.39, 0.29) is 97.7 Å². The predicted octanol–water partition coefficient (Wildman–Crippen LogP) is 8.28. The van der Waals surface area contributed by atoms with Crippen LogP contribution in [-0.4, -0.2) is 68.7 Å². The zero-order chi connectivity index (χ0) is 60.8. The first-order valence-corrected chi connectivity index (χ1v) is 27.7. The molecule has 12 nitrogen and oxygen atoms in total. The van der Waals surface area contributed by atoms with Crippen LogP contribution in [0.5, 0.6) is 46.0 Å². The molecule has 0 saturated carbocycles. The fraction of sp³-hybridized carbons (Fsp3) is 0.143. The summed E-state index contributed by atoms with van der Waals surface area (Å²) in [6.07, 6.45) is -24.0. The van der Waals surface area contributed by atoms with Crippen LogP contribution in [0.25, 0.3) is 0 Å². The molecule has 0 atom stereocenters. The molecular weight excluding hydrogens is 1230 g/mol. The van der Waals surface area contributed by atoms with Crippen molar-refractivity contribution in [2.45, 2.75) is 60.0 Å². The summed E-state index contributed by atoms with van der Waals surface area (Å²) in [6.45, 7) is 0. The van der Waals surface area contributed by atoms with Gasteiger partial charge in [-0.15, -0.1) is 12.1 Å². The van der Waals surface area contributed by atoms with Crippen LogP contribution < -0.4 is 82.8 Å². The Bertz CT molecular complexity index is 3960. The number of methoxy groups -OCH3 is 2. The molecule has 85 heavy (non-hydrogen) atoms. The maximum Gasteiger partial charge on any atom is 1.00 e. The Morgan fingerprint density at radius 3 is 0.988 bits per heavy atom. The van der Waals surface area contributed by atoms with E-state index in [2.05, 4.69) is 6.07 Å². The van der Waals surface area contributed by atoms with Crippen molar-refractivity contribution in [3.05, 3.63) is 210 Å². The molecule has 0 spiro atoms. The Morgan fingerprint density at radius 2 is 0.659 bits per heavy atom. The number of sulfone groups is 2. The Labute approximate surface area is 521 Å². The van der Waals surface area contributed by atoms with Gasteiger partial charge < -0.3 is 28.2 Å². The van der Waals surface area contributed by atoms with Gasteiger partial charge in [0, 0.05) is 5.75 Å². The maximum atomic E-state index is 15.0. The molecule has 0 saturated heterocycles. The van der Waals surface area contributed by atoms with Crippen LogP contribution in [0.2, 0.25) is 0 Å². The van der Waals surface area contributed by atoms with Crippen molar-refractivity contribution < 1.29 is 165 Å². The monoisotopic (exact) mass is 1270 g/mol. The fourth-order valence-corrected chi connectivity index (χ4v) is 12.0. The van der Waals surface area contributed by atoms with Crippen molar-refractivity contribution in [1.82, 2.24) is 0 Å². The van der Waals surface area contributed by atoms with Gasteiger partial charge in [0.05, 0.1) is 33.8 Å². The van der Waals surface area contributed by atoms with Gasteiger partial charge in [0.2, 0.25) is 20.7 Å². The Morgan fingerprint density at radius 1 is 0.365 bits per heavy atom. The topological polar surface area (TPSA) is 172 Å². The summed E-state index contributed by atoms with van der Waals surface area (Å²) in [5, 5.41) is 0. The minimum Gasteiger partial charge on any atom is -0.744 e. The largest absolute Gasteiger partial charge is 1.00 e. The summed E-state index contributed by atoms with van der Waals surface area (Å²) in [5.41, 5.74) is -14.4. The predicted molar refractivity (Wildman–Crippen MR) is 268 cm³/mol. The minimum atomic E-state index is -6.02.